The van der Waals surface area contributed by atoms with Gasteiger partial charge in [0.25, 0.3) is 0 Å². The summed E-state index contributed by atoms with van der Waals surface area (Å²) in [4.78, 5) is 11.1. The Morgan fingerprint density at radius 3 is 2.25 bits per heavy atom. The lowest BCUT2D eigenvalue weighted by Gasteiger charge is -2.19. The third kappa shape index (κ3) is 7.32. The van der Waals surface area contributed by atoms with Gasteiger partial charge in [0, 0.05) is 0 Å². The SMILES string of the molecule is CC(C)CCOc1ccc(C(O)CCNC(C(=O)O)C(C)C)cc1. The number of ether oxygens (including phenoxy) is 1. The average Bonchev–Trinajstić information content (AvgIpc) is 2.50. The number of rotatable bonds is 11. The number of aliphatic carboxylic acids is 1. The van der Waals surface area contributed by atoms with E-state index in [-0.39, 0.29) is 5.92 Å². The molecular weight excluding hydrogens is 306 g/mol. The summed E-state index contributed by atoms with van der Waals surface area (Å²) in [5.74, 6) is 0.554. The van der Waals surface area contributed by atoms with Gasteiger partial charge in [-0.05, 0) is 48.9 Å². The summed E-state index contributed by atoms with van der Waals surface area (Å²) in [6, 6.07) is 6.84. The summed E-state index contributed by atoms with van der Waals surface area (Å²) < 4.78 is 5.66. The molecule has 0 bridgehead atoms. The molecule has 0 aromatic heterocycles. The first-order valence-corrected chi connectivity index (χ1v) is 8.68. The van der Waals surface area contributed by atoms with Crippen LogP contribution in [0.1, 0.15) is 52.2 Å². The molecule has 0 heterocycles. The highest BCUT2D eigenvalue weighted by Crippen LogP contribution is 2.20. The number of benzene rings is 1. The van der Waals surface area contributed by atoms with Crippen molar-refractivity contribution in [1.82, 2.24) is 5.32 Å². The van der Waals surface area contributed by atoms with Gasteiger partial charge in [0.05, 0.1) is 12.7 Å². The van der Waals surface area contributed by atoms with E-state index >= 15 is 0 Å². The summed E-state index contributed by atoms with van der Waals surface area (Å²) in [6.45, 7) is 9.18. The van der Waals surface area contributed by atoms with Crippen molar-refractivity contribution >= 4 is 5.97 Å². The molecule has 1 aromatic carbocycles. The predicted molar refractivity (Wildman–Crippen MR) is 95.2 cm³/mol. The van der Waals surface area contributed by atoms with Gasteiger partial charge < -0.3 is 20.3 Å². The highest BCUT2D eigenvalue weighted by molar-refractivity contribution is 5.73. The minimum Gasteiger partial charge on any atom is -0.494 e. The number of aliphatic hydroxyl groups excluding tert-OH is 1. The summed E-state index contributed by atoms with van der Waals surface area (Å²) in [7, 11) is 0. The van der Waals surface area contributed by atoms with Crippen molar-refractivity contribution in [3.05, 3.63) is 29.8 Å². The van der Waals surface area contributed by atoms with E-state index in [2.05, 4.69) is 19.2 Å². The molecule has 24 heavy (non-hydrogen) atoms. The Balaban J connectivity index is 2.42. The number of nitrogens with one attached hydrogen (secondary N) is 1. The third-order valence-electron chi connectivity index (χ3n) is 3.94. The molecular formula is C19H31NO4. The van der Waals surface area contributed by atoms with Crippen LogP contribution in [-0.4, -0.2) is 35.4 Å². The predicted octanol–water partition coefficient (Wildman–Crippen LogP) is 3.23. The number of hydrogen-bond acceptors (Lipinski definition) is 4. The molecule has 0 radical (unpaired) electrons. The van der Waals surface area contributed by atoms with Crippen LogP contribution in [0.2, 0.25) is 0 Å². The van der Waals surface area contributed by atoms with Gasteiger partial charge in [-0.1, -0.05) is 39.8 Å². The Kier molecular flexibility index (Phi) is 8.79. The highest BCUT2D eigenvalue weighted by atomic mass is 16.5. The Morgan fingerprint density at radius 1 is 1.12 bits per heavy atom. The lowest BCUT2D eigenvalue weighted by atomic mass is 10.0. The smallest absolute Gasteiger partial charge is 0.320 e. The van der Waals surface area contributed by atoms with Gasteiger partial charge in [0.15, 0.2) is 0 Å². The Bertz CT molecular complexity index is 485. The second-order valence-electron chi connectivity index (χ2n) is 6.92. The van der Waals surface area contributed by atoms with Crippen molar-refractivity contribution in [2.24, 2.45) is 11.8 Å². The van der Waals surface area contributed by atoms with Crippen LogP contribution < -0.4 is 10.1 Å². The molecule has 3 N–H and O–H groups in total. The summed E-state index contributed by atoms with van der Waals surface area (Å²) in [5, 5.41) is 22.3. The lowest BCUT2D eigenvalue weighted by molar-refractivity contribution is -0.140. The van der Waals surface area contributed by atoms with E-state index in [1.165, 1.54) is 0 Å². The summed E-state index contributed by atoms with van der Waals surface area (Å²) in [5.41, 5.74) is 0.810. The largest absolute Gasteiger partial charge is 0.494 e. The van der Waals surface area contributed by atoms with Crippen LogP contribution in [0.4, 0.5) is 0 Å². The maximum absolute atomic E-state index is 11.1. The number of carbonyl (C=O) groups is 1. The van der Waals surface area contributed by atoms with Crippen molar-refractivity contribution < 1.29 is 19.7 Å². The van der Waals surface area contributed by atoms with Crippen molar-refractivity contribution in [3.63, 3.8) is 0 Å². The van der Waals surface area contributed by atoms with Crippen molar-refractivity contribution in [3.8, 4) is 5.75 Å². The van der Waals surface area contributed by atoms with E-state index in [0.29, 0.717) is 25.5 Å². The van der Waals surface area contributed by atoms with E-state index in [1.54, 1.807) is 0 Å². The highest BCUT2D eigenvalue weighted by Gasteiger charge is 2.20. The van der Waals surface area contributed by atoms with E-state index in [4.69, 9.17) is 9.84 Å². The Labute approximate surface area is 145 Å². The van der Waals surface area contributed by atoms with Gasteiger partial charge in [-0.3, -0.25) is 4.79 Å². The van der Waals surface area contributed by atoms with E-state index in [1.807, 2.05) is 38.1 Å². The van der Waals surface area contributed by atoms with E-state index in [9.17, 15) is 9.90 Å². The average molecular weight is 337 g/mol. The summed E-state index contributed by atoms with van der Waals surface area (Å²) in [6.07, 6.45) is 0.851. The van der Waals surface area contributed by atoms with E-state index in [0.717, 1.165) is 17.7 Å². The number of carboxylic acid groups (broad SMARTS) is 1. The van der Waals surface area contributed by atoms with Gasteiger partial charge in [0.2, 0.25) is 0 Å². The van der Waals surface area contributed by atoms with Crippen LogP contribution in [0.25, 0.3) is 0 Å². The van der Waals surface area contributed by atoms with Crippen LogP contribution in [0.15, 0.2) is 24.3 Å². The summed E-state index contributed by atoms with van der Waals surface area (Å²) >= 11 is 0. The molecule has 0 spiro atoms. The molecule has 1 rings (SSSR count). The molecule has 2 atom stereocenters. The maximum atomic E-state index is 11.1. The van der Waals surface area contributed by atoms with Crippen molar-refractivity contribution in [2.75, 3.05) is 13.2 Å². The standard InChI is InChI=1S/C19H31NO4/c1-13(2)10-12-24-16-7-5-15(6-8-16)17(21)9-11-20-18(14(3)4)19(22)23/h5-8,13-14,17-18,20-21H,9-12H2,1-4H3,(H,22,23). The number of carboxylic acids is 1. The Hall–Kier alpha value is -1.59. The van der Waals surface area contributed by atoms with Crippen molar-refractivity contribution in [2.45, 2.75) is 52.7 Å². The van der Waals surface area contributed by atoms with Crippen LogP contribution >= 0.6 is 0 Å². The second-order valence-corrected chi connectivity index (χ2v) is 6.92. The van der Waals surface area contributed by atoms with Crippen LogP contribution in [0.3, 0.4) is 0 Å². The molecule has 0 amide bonds. The zero-order chi connectivity index (χ0) is 18.1. The van der Waals surface area contributed by atoms with Crippen LogP contribution in [0.5, 0.6) is 5.75 Å². The van der Waals surface area contributed by atoms with Gasteiger partial charge >= 0.3 is 5.97 Å². The van der Waals surface area contributed by atoms with Gasteiger partial charge in [-0.15, -0.1) is 0 Å². The molecule has 0 fully saturated rings. The molecule has 0 saturated heterocycles. The fourth-order valence-electron chi connectivity index (χ4n) is 2.35. The Morgan fingerprint density at radius 2 is 1.75 bits per heavy atom. The molecule has 2 unspecified atom stereocenters. The van der Waals surface area contributed by atoms with Gasteiger partial charge in [-0.25, -0.2) is 0 Å². The monoisotopic (exact) mass is 337 g/mol. The van der Waals surface area contributed by atoms with Crippen molar-refractivity contribution in [1.29, 1.82) is 0 Å². The fourth-order valence-corrected chi connectivity index (χ4v) is 2.35. The normalized spacial score (nSPS) is 14.0. The first-order valence-electron chi connectivity index (χ1n) is 8.68. The molecule has 1 aromatic rings. The first-order chi connectivity index (χ1) is 11.3. The maximum Gasteiger partial charge on any atom is 0.320 e. The number of hydrogen-bond donors (Lipinski definition) is 3. The van der Waals surface area contributed by atoms with E-state index < -0.39 is 18.1 Å². The molecule has 0 aliphatic carbocycles. The lowest BCUT2D eigenvalue weighted by Crippen LogP contribution is -2.41. The van der Waals surface area contributed by atoms with Crippen LogP contribution in [0, 0.1) is 11.8 Å². The van der Waals surface area contributed by atoms with Gasteiger partial charge in [0.1, 0.15) is 11.8 Å². The molecule has 136 valence electrons. The minimum absolute atomic E-state index is 0.00177. The topological polar surface area (TPSA) is 78.8 Å². The molecule has 5 heteroatoms. The molecule has 0 saturated carbocycles. The fraction of sp³-hybridized carbons (Fsp3) is 0.632. The van der Waals surface area contributed by atoms with Gasteiger partial charge in [-0.2, -0.15) is 0 Å². The molecule has 5 nitrogen and oxygen atoms in total. The quantitative estimate of drug-likeness (QED) is 0.578. The molecule has 0 aliphatic heterocycles. The van der Waals surface area contributed by atoms with Crippen LogP contribution in [-0.2, 0) is 4.79 Å². The minimum atomic E-state index is -0.859. The second kappa shape index (κ2) is 10.3. The first kappa shape index (κ1) is 20.5. The zero-order valence-corrected chi connectivity index (χ0v) is 15.2. The third-order valence-corrected chi connectivity index (χ3v) is 3.94. The zero-order valence-electron chi connectivity index (χ0n) is 15.2. The number of aliphatic hydroxyl groups is 1. The molecule has 0 aliphatic rings.